The van der Waals surface area contributed by atoms with Gasteiger partial charge in [0.05, 0.1) is 12.5 Å². The van der Waals surface area contributed by atoms with Crippen LogP contribution in [0.5, 0.6) is 0 Å². The average Bonchev–Trinajstić information content (AvgIpc) is 3.38. The molecule has 5 saturated carbocycles. The molecular weight excluding hydrogens is 288 g/mol. The van der Waals surface area contributed by atoms with E-state index in [0.717, 1.165) is 23.7 Å². The molecule has 0 aromatic rings. The summed E-state index contributed by atoms with van der Waals surface area (Å²) in [7, 11) is 1.73. The van der Waals surface area contributed by atoms with Gasteiger partial charge in [0.15, 0.2) is 0 Å². The second kappa shape index (κ2) is 4.15. The maximum absolute atomic E-state index is 12.6. The van der Waals surface area contributed by atoms with E-state index in [4.69, 9.17) is 9.47 Å². The van der Waals surface area contributed by atoms with Crippen molar-refractivity contribution in [1.82, 2.24) is 0 Å². The lowest BCUT2D eigenvalue weighted by atomic mass is 9.62. The van der Waals surface area contributed by atoms with Gasteiger partial charge in [-0.2, -0.15) is 0 Å². The molecule has 1 heterocycles. The van der Waals surface area contributed by atoms with Crippen LogP contribution in [0.15, 0.2) is 0 Å². The van der Waals surface area contributed by atoms with Crippen LogP contribution in [0.3, 0.4) is 0 Å². The van der Waals surface area contributed by atoms with Crippen LogP contribution in [0, 0.1) is 46.3 Å². The first-order valence-corrected chi connectivity index (χ1v) is 9.92. The molecular formula is C20H28O3. The molecule has 1 aliphatic heterocycles. The fraction of sp³-hybridized carbons (Fsp3) is 0.950. The molecule has 0 N–H and O–H groups in total. The summed E-state index contributed by atoms with van der Waals surface area (Å²) in [6, 6.07) is 0. The van der Waals surface area contributed by atoms with Crippen molar-refractivity contribution in [1.29, 1.82) is 0 Å². The molecule has 1 saturated heterocycles. The van der Waals surface area contributed by atoms with Gasteiger partial charge in [0.25, 0.3) is 0 Å². The summed E-state index contributed by atoms with van der Waals surface area (Å²) >= 11 is 0. The van der Waals surface area contributed by atoms with Crippen molar-refractivity contribution in [3.05, 3.63) is 0 Å². The fourth-order valence-electron chi connectivity index (χ4n) is 8.43. The molecule has 3 nitrogen and oxygen atoms in total. The van der Waals surface area contributed by atoms with Gasteiger partial charge in [-0.3, -0.25) is 4.79 Å². The van der Waals surface area contributed by atoms with E-state index in [0.29, 0.717) is 23.4 Å². The third kappa shape index (κ3) is 1.42. The first kappa shape index (κ1) is 13.7. The molecule has 0 aromatic heterocycles. The Morgan fingerprint density at radius 1 is 1.13 bits per heavy atom. The standard InChI is InChI=1S/C20H28O3/c1-22-10-13-12-6-7-19(8-9-19)15-5-3-11-2-4-14-16(11)20(14,15)17(12)23-18(13)21/h11-17H,2-10H2,1H3/t11?,12-,13-,14?,15-,16?,17-,20-/m0/s1. The lowest BCUT2D eigenvalue weighted by molar-refractivity contribution is -0.151. The number of ether oxygens (including phenoxy) is 2. The summed E-state index contributed by atoms with van der Waals surface area (Å²) in [5, 5.41) is 0. The fourth-order valence-corrected chi connectivity index (χ4v) is 8.43. The highest BCUT2D eigenvalue weighted by Crippen LogP contribution is 2.85. The second-order valence-corrected chi connectivity index (χ2v) is 9.58. The Morgan fingerprint density at radius 2 is 1.96 bits per heavy atom. The topological polar surface area (TPSA) is 35.5 Å². The van der Waals surface area contributed by atoms with E-state index in [-0.39, 0.29) is 18.0 Å². The highest BCUT2D eigenvalue weighted by molar-refractivity contribution is 5.76. The van der Waals surface area contributed by atoms with Crippen molar-refractivity contribution < 1.29 is 14.3 Å². The smallest absolute Gasteiger partial charge is 0.312 e. The predicted octanol–water partition coefficient (Wildman–Crippen LogP) is 3.42. The van der Waals surface area contributed by atoms with E-state index >= 15 is 0 Å². The summed E-state index contributed by atoms with van der Waals surface area (Å²) in [5.74, 6) is 4.10. The van der Waals surface area contributed by atoms with Crippen molar-refractivity contribution in [3.63, 3.8) is 0 Å². The monoisotopic (exact) mass is 316 g/mol. The molecule has 0 radical (unpaired) electrons. The number of carbonyl (C=O) groups is 1. The summed E-state index contributed by atoms with van der Waals surface area (Å²) < 4.78 is 11.6. The van der Waals surface area contributed by atoms with Crippen LogP contribution in [-0.2, 0) is 14.3 Å². The van der Waals surface area contributed by atoms with Crippen LogP contribution in [0.25, 0.3) is 0 Å². The van der Waals surface area contributed by atoms with Gasteiger partial charge in [0, 0.05) is 18.4 Å². The number of methoxy groups -OCH3 is 1. The molecule has 0 aromatic carbocycles. The lowest BCUT2D eigenvalue weighted by Gasteiger charge is -2.44. The molecule has 126 valence electrons. The normalized spacial score (nSPS) is 57.3. The van der Waals surface area contributed by atoms with E-state index in [9.17, 15) is 4.79 Å². The van der Waals surface area contributed by atoms with E-state index in [2.05, 4.69) is 0 Å². The van der Waals surface area contributed by atoms with Crippen LogP contribution in [0.4, 0.5) is 0 Å². The minimum atomic E-state index is 0.00984. The number of hydrogen-bond acceptors (Lipinski definition) is 3. The summed E-state index contributed by atoms with van der Waals surface area (Å²) in [6.07, 6.45) is 11.4. The van der Waals surface area contributed by atoms with E-state index in [1.54, 1.807) is 7.11 Å². The van der Waals surface area contributed by atoms with Crippen LogP contribution in [0.1, 0.15) is 51.4 Å². The third-order valence-electron chi connectivity index (χ3n) is 9.23. The summed E-state index contributed by atoms with van der Waals surface area (Å²) in [5.41, 5.74) is 1.04. The largest absolute Gasteiger partial charge is 0.461 e. The van der Waals surface area contributed by atoms with Gasteiger partial charge < -0.3 is 9.47 Å². The zero-order chi connectivity index (χ0) is 15.4. The highest BCUT2D eigenvalue weighted by atomic mass is 16.6. The molecule has 3 unspecified atom stereocenters. The van der Waals surface area contributed by atoms with Crippen LogP contribution in [-0.4, -0.2) is 25.8 Å². The lowest BCUT2D eigenvalue weighted by Crippen LogP contribution is -2.43. The van der Waals surface area contributed by atoms with Gasteiger partial charge in [-0.1, -0.05) is 0 Å². The van der Waals surface area contributed by atoms with Gasteiger partial charge in [0.1, 0.15) is 6.10 Å². The minimum Gasteiger partial charge on any atom is -0.461 e. The molecule has 2 spiro atoms. The van der Waals surface area contributed by atoms with Crippen LogP contribution >= 0.6 is 0 Å². The van der Waals surface area contributed by atoms with Crippen molar-refractivity contribution in [2.24, 2.45) is 46.3 Å². The minimum absolute atomic E-state index is 0.00984. The molecule has 6 aliphatic rings. The Labute approximate surface area is 138 Å². The number of carbonyl (C=O) groups excluding carboxylic acids is 1. The molecule has 3 heteroatoms. The number of esters is 1. The van der Waals surface area contributed by atoms with E-state index < -0.39 is 0 Å². The summed E-state index contributed by atoms with van der Waals surface area (Å²) in [6.45, 7) is 0.562. The Morgan fingerprint density at radius 3 is 2.74 bits per heavy atom. The molecule has 5 aliphatic carbocycles. The van der Waals surface area contributed by atoms with Gasteiger partial charge in [-0.25, -0.2) is 0 Å². The van der Waals surface area contributed by atoms with Crippen molar-refractivity contribution >= 4 is 5.97 Å². The SMILES string of the molecule is COC[C@@H]1C(=O)O[C@H]2[C@H]1CCC1(CC1)[C@@H]1CCC3CCC4C3[C@@]421. The average molecular weight is 316 g/mol. The van der Waals surface area contributed by atoms with Gasteiger partial charge in [0.2, 0.25) is 0 Å². The van der Waals surface area contributed by atoms with Crippen molar-refractivity contribution in [3.8, 4) is 0 Å². The maximum Gasteiger partial charge on any atom is 0.312 e. The van der Waals surface area contributed by atoms with Gasteiger partial charge in [-0.15, -0.1) is 0 Å². The van der Waals surface area contributed by atoms with Crippen LogP contribution in [0.2, 0.25) is 0 Å². The first-order valence-electron chi connectivity index (χ1n) is 9.92. The number of fused-ring (bicyclic) bond motifs is 2. The van der Waals surface area contributed by atoms with Crippen LogP contribution < -0.4 is 0 Å². The molecule has 0 bridgehead atoms. The maximum atomic E-state index is 12.6. The molecule has 6 rings (SSSR count). The Hall–Kier alpha value is -0.570. The molecule has 23 heavy (non-hydrogen) atoms. The number of hydrogen-bond donors (Lipinski definition) is 0. The zero-order valence-corrected chi connectivity index (χ0v) is 14.1. The second-order valence-electron chi connectivity index (χ2n) is 9.58. The Balaban J connectivity index is 1.45. The van der Waals surface area contributed by atoms with Gasteiger partial charge in [-0.05, 0) is 80.5 Å². The molecule has 0 amide bonds. The molecule has 8 atom stereocenters. The van der Waals surface area contributed by atoms with Crippen molar-refractivity contribution in [2.45, 2.75) is 57.5 Å². The Bertz CT molecular complexity index is 567. The van der Waals surface area contributed by atoms with E-state index in [1.807, 2.05) is 0 Å². The molecule has 6 fully saturated rings. The quantitative estimate of drug-likeness (QED) is 0.732. The predicted molar refractivity (Wildman–Crippen MR) is 84.5 cm³/mol. The summed E-state index contributed by atoms with van der Waals surface area (Å²) in [4.78, 5) is 12.6. The Kier molecular flexibility index (Phi) is 2.47. The van der Waals surface area contributed by atoms with Crippen molar-refractivity contribution in [2.75, 3.05) is 13.7 Å². The highest BCUT2D eigenvalue weighted by Gasteiger charge is 2.83. The zero-order valence-electron chi connectivity index (χ0n) is 14.1. The third-order valence-corrected chi connectivity index (χ3v) is 9.23. The van der Waals surface area contributed by atoms with Gasteiger partial charge >= 0.3 is 5.97 Å². The number of rotatable bonds is 2. The first-order chi connectivity index (χ1) is 11.2. The van der Waals surface area contributed by atoms with E-state index in [1.165, 1.54) is 51.4 Å².